The van der Waals surface area contributed by atoms with Crippen molar-refractivity contribution in [3.05, 3.63) is 35.9 Å². The molecule has 2 bridgehead atoms. The molecule has 2 atom stereocenters. The van der Waals surface area contributed by atoms with Crippen molar-refractivity contribution >= 4 is 18.4 Å². The number of nitrogens with zero attached hydrogens (tertiary/aromatic N) is 1. The van der Waals surface area contributed by atoms with Crippen molar-refractivity contribution in [3.8, 4) is 0 Å². The molecule has 116 valence electrons. The van der Waals surface area contributed by atoms with Gasteiger partial charge >= 0.3 is 5.97 Å². The second-order valence-corrected chi connectivity index (χ2v) is 6.29. The van der Waals surface area contributed by atoms with Crippen LogP contribution in [0.3, 0.4) is 0 Å². The minimum atomic E-state index is -0.173. The molecule has 0 spiro atoms. The van der Waals surface area contributed by atoms with Crippen LogP contribution < -0.4 is 0 Å². The summed E-state index contributed by atoms with van der Waals surface area (Å²) in [5.41, 5.74) is 0.658. The maximum atomic E-state index is 12.1. The quantitative estimate of drug-likeness (QED) is 0.798. The Hall–Kier alpha value is -1.06. The van der Waals surface area contributed by atoms with Gasteiger partial charge in [-0.25, -0.2) is 4.79 Å². The Morgan fingerprint density at radius 3 is 2.24 bits per heavy atom. The first-order chi connectivity index (χ1) is 9.65. The summed E-state index contributed by atoms with van der Waals surface area (Å²) in [5, 5.41) is 0. The molecule has 21 heavy (non-hydrogen) atoms. The van der Waals surface area contributed by atoms with Crippen molar-refractivity contribution in [3.63, 3.8) is 0 Å². The molecule has 0 saturated carbocycles. The first kappa shape index (κ1) is 16.3. The lowest BCUT2D eigenvalue weighted by Crippen LogP contribution is -2.49. The maximum absolute atomic E-state index is 12.1. The van der Waals surface area contributed by atoms with E-state index in [4.69, 9.17) is 4.74 Å². The van der Waals surface area contributed by atoms with Crippen molar-refractivity contribution < 1.29 is 9.53 Å². The van der Waals surface area contributed by atoms with E-state index in [2.05, 4.69) is 18.7 Å². The lowest BCUT2D eigenvalue weighted by atomic mass is 9.98. The molecular weight excluding hydrogens is 286 g/mol. The minimum absolute atomic E-state index is 0. The van der Waals surface area contributed by atoms with E-state index in [1.807, 2.05) is 30.3 Å². The van der Waals surface area contributed by atoms with Crippen LogP contribution in [-0.4, -0.2) is 35.1 Å². The topological polar surface area (TPSA) is 29.5 Å². The molecule has 2 fully saturated rings. The van der Waals surface area contributed by atoms with Gasteiger partial charge in [-0.2, -0.15) is 0 Å². The van der Waals surface area contributed by atoms with Crippen LogP contribution >= 0.6 is 12.4 Å². The van der Waals surface area contributed by atoms with Crippen molar-refractivity contribution in [2.45, 2.75) is 63.8 Å². The van der Waals surface area contributed by atoms with Gasteiger partial charge in [0.25, 0.3) is 0 Å². The number of hydrogen-bond donors (Lipinski definition) is 0. The van der Waals surface area contributed by atoms with Gasteiger partial charge in [0.2, 0.25) is 0 Å². The number of halogens is 1. The van der Waals surface area contributed by atoms with Gasteiger partial charge in [-0.3, -0.25) is 4.90 Å². The van der Waals surface area contributed by atoms with Gasteiger partial charge in [-0.1, -0.05) is 18.2 Å². The largest absolute Gasteiger partial charge is 0.459 e. The van der Waals surface area contributed by atoms with E-state index >= 15 is 0 Å². The average Bonchev–Trinajstić information content (AvgIpc) is 2.72. The molecule has 0 aromatic heterocycles. The van der Waals surface area contributed by atoms with Crippen molar-refractivity contribution in [1.82, 2.24) is 4.90 Å². The number of carbonyl (C=O) groups is 1. The summed E-state index contributed by atoms with van der Waals surface area (Å²) in [5.74, 6) is -0.173. The zero-order valence-corrected chi connectivity index (χ0v) is 13.5. The van der Waals surface area contributed by atoms with E-state index in [1.54, 1.807) is 0 Å². The molecule has 0 amide bonds. The van der Waals surface area contributed by atoms with Crippen LogP contribution in [0.5, 0.6) is 0 Å². The highest BCUT2D eigenvalue weighted by Crippen LogP contribution is 2.38. The molecular formula is C17H24ClNO2. The van der Waals surface area contributed by atoms with Gasteiger partial charge in [0, 0.05) is 31.0 Å². The number of esters is 1. The maximum Gasteiger partial charge on any atom is 0.338 e. The average molecular weight is 310 g/mol. The van der Waals surface area contributed by atoms with Crippen LogP contribution in [0.4, 0.5) is 0 Å². The number of piperidine rings is 1. The molecule has 1 aromatic carbocycles. The summed E-state index contributed by atoms with van der Waals surface area (Å²) in [6, 6.07) is 11.1. The summed E-state index contributed by atoms with van der Waals surface area (Å²) in [7, 11) is 0. The third-order valence-corrected chi connectivity index (χ3v) is 4.63. The molecule has 2 aliphatic heterocycles. The van der Waals surface area contributed by atoms with E-state index < -0.39 is 0 Å². The number of carbonyl (C=O) groups excluding carboxylic acids is 1. The molecule has 2 saturated heterocycles. The molecule has 4 heteroatoms. The van der Waals surface area contributed by atoms with Gasteiger partial charge in [0.15, 0.2) is 0 Å². The normalized spacial score (nSPS) is 28.2. The molecule has 0 radical (unpaired) electrons. The predicted molar refractivity (Wildman–Crippen MR) is 85.9 cm³/mol. The zero-order valence-electron chi connectivity index (χ0n) is 12.7. The first-order valence-corrected chi connectivity index (χ1v) is 7.68. The molecule has 3 nitrogen and oxygen atoms in total. The van der Waals surface area contributed by atoms with Gasteiger partial charge < -0.3 is 4.74 Å². The molecule has 0 aliphatic carbocycles. The molecule has 2 aliphatic rings. The van der Waals surface area contributed by atoms with E-state index in [9.17, 15) is 4.79 Å². The number of rotatable bonds is 3. The van der Waals surface area contributed by atoms with Gasteiger partial charge in [-0.15, -0.1) is 12.4 Å². The third-order valence-electron chi connectivity index (χ3n) is 4.63. The van der Waals surface area contributed by atoms with Gasteiger partial charge in [-0.05, 0) is 38.8 Å². The lowest BCUT2D eigenvalue weighted by Gasteiger charge is -2.41. The summed E-state index contributed by atoms with van der Waals surface area (Å²) in [4.78, 5) is 14.7. The second kappa shape index (κ2) is 6.80. The van der Waals surface area contributed by atoms with E-state index in [0.29, 0.717) is 23.7 Å². The summed E-state index contributed by atoms with van der Waals surface area (Å²) >= 11 is 0. The lowest BCUT2D eigenvalue weighted by molar-refractivity contribution is -0.0134. The SMILES string of the molecule is CC(C)N1C2CCC1CC(OC(=O)c1ccccc1)C2.Cl. The molecule has 3 rings (SSSR count). The molecule has 1 aromatic rings. The predicted octanol–water partition coefficient (Wildman–Crippen LogP) is 3.67. The van der Waals surface area contributed by atoms with E-state index in [1.165, 1.54) is 12.8 Å². The number of benzene rings is 1. The zero-order chi connectivity index (χ0) is 14.1. The first-order valence-electron chi connectivity index (χ1n) is 7.68. The Morgan fingerprint density at radius 1 is 1.14 bits per heavy atom. The van der Waals surface area contributed by atoms with Crippen LogP contribution in [0.1, 0.15) is 49.9 Å². The Morgan fingerprint density at radius 2 is 1.71 bits per heavy atom. The fraction of sp³-hybridized carbons (Fsp3) is 0.588. The van der Waals surface area contributed by atoms with Crippen LogP contribution in [0, 0.1) is 0 Å². The summed E-state index contributed by atoms with van der Waals surface area (Å²) in [6.07, 6.45) is 4.58. The van der Waals surface area contributed by atoms with Gasteiger partial charge in [0.05, 0.1) is 5.56 Å². The third kappa shape index (κ3) is 3.41. The minimum Gasteiger partial charge on any atom is -0.459 e. The summed E-state index contributed by atoms with van der Waals surface area (Å²) < 4.78 is 5.72. The highest BCUT2D eigenvalue weighted by Gasteiger charge is 2.42. The van der Waals surface area contributed by atoms with E-state index in [-0.39, 0.29) is 24.5 Å². The van der Waals surface area contributed by atoms with Crippen molar-refractivity contribution in [2.24, 2.45) is 0 Å². The molecule has 0 N–H and O–H groups in total. The monoisotopic (exact) mass is 309 g/mol. The Bertz CT molecular complexity index is 463. The molecule has 2 unspecified atom stereocenters. The molecule has 2 heterocycles. The fourth-order valence-corrected chi connectivity index (χ4v) is 3.90. The number of fused-ring (bicyclic) bond motifs is 2. The van der Waals surface area contributed by atoms with Crippen LogP contribution in [0.25, 0.3) is 0 Å². The van der Waals surface area contributed by atoms with Crippen LogP contribution in [0.2, 0.25) is 0 Å². The van der Waals surface area contributed by atoms with Crippen LogP contribution in [0.15, 0.2) is 30.3 Å². The standard InChI is InChI=1S/C17H23NO2.ClH/c1-12(2)18-14-8-9-15(18)11-16(10-14)20-17(19)13-6-4-3-5-7-13;/h3-7,12,14-16H,8-11H2,1-2H3;1H. The number of ether oxygens (including phenoxy) is 1. The number of hydrogen-bond acceptors (Lipinski definition) is 3. The van der Waals surface area contributed by atoms with Crippen molar-refractivity contribution in [2.75, 3.05) is 0 Å². The fourth-order valence-electron chi connectivity index (χ4n) is 3.90. The second-order valence-electron chi connectivity index (χ2n) is 6.29. The van der Waals surface area contributed by atoms with Crippen molar-refractivity contribution in [1.29, 1.82) is 0 Å². The Labute approximate surface area is 133 Å². The smallest absolute Gasteiger partial charge is 0.338 e. The van der Waals surface area contributed by atoms with E-state index in [0.717, 1.165) is 12.8 Å². The highest BCUT2D eigenvalue weighted by atomic mass is 35.5. The summed E-state index contributed by atoms with van der Waals surface area (Å²) in [6.45, 7) is 4.53. The Balaban J connectivity index is 0.00000161. The van der Waals surface area contributed by atoms with Crippen LogP contribution in [-0.2, 0) is 4.74 Å². The Kier molecular flexibility index (Phi) is 5.28. The van der Waals surface area contributed by atoms with Gasteiger partial charge in [0.1, 0.15) is 6.10 Å². The highest BCUT2D eigenvalue weighted by molar-refractivity contribution is 5.89.